The van der Waals surface area contributed by atoms with E-state index >= 15 is 0 Å². The number of carbonyl (C=O) groups excluding carboxylic acids is 1. The Morgan fingerprint density at radius 3 is 1.39 bits per heavy atom. The van der Waals surface area contributed by atoms with Gasteiger partial charge in [0, 0.05) is 35.1 Å². The van der Waals surface area contributed by atoms with Crippen LogP contribution < -0.4 is 0 Å². The molecule has 0 saturated heterocycles. The SMILES string of the molecule is CC(=N\O)/C(C)=N/O.CC(=N\O)/C(C)=N/O.CC(=O)[C@@H]1CC[C-]=C[C@@H]1C.[Co].c1ccncc1. The van der Waals surface area contributed by atoms with Crippen molar-refractivity contribution < 1.29 is 42.4 Å². The third kappa shape index (κ3) is 18.2. The number of allylic oxidation sites excluding steroid dienone is 2. The Balaban J connectivity index is -0.000000365. The number of nitrogens with zero attached hydrogens (tertiary/aromatic N) is 5. The Bertz CT molecular complexity index is 705. The van der Waals surface area contributed by atoms with Crippen molar-refractivity contribution in [3.05, 3.63) is 42.7 Å². The zero-order chi connectivity index (χ0) is 24.9. The number of hydrogen-bond donors (Lipinski definition) is 4. The quantitative estimate of drug-likeness (QED) is 0.205. The van der Waals surface area contributed by atoms with Crippen LogP contribution in [0.25, 0.3) is 0 Å². The molecule has 0 aromatic carbocycles. The molecular formula is C22H34CoN5O5-. The molecular weight excluding hydrogens is 473 g/mol. The van der Waals surface area contributed by atoms with Gasteiger partial charge in [0.1, 0.15) is 28.6 Å². The molecule has 1 aromatic rings. The van der Waals surface area contributed by atoms with E-state index in [1.54, 1.807) is 19.3 Å². The van der Waals surface area contributed by atoms with Crippen LogP contribution in [0.2, 0.25) is 0 Å². The molecule has 10 nitrogen and oxygen atoms in total. The van der Waals surface area contributed by atoms with Gasteiger partial charge in [-0.1, -0.05) is 40.0 Å². The van der Waals surface area contributed by atoms with Gasteiger partial charge in [0.2, 0.25) is 0 Å². The first kappa shape index (κ1) is 34.6. The van der Waals surface area contributed by atoms with Crippen LogP contribution in [0.4, 0.5) is 0 Å². The van der Waals surface area contributed by atoms with Crippen molar-refractivity contribution in [2.45, 2.75) is 54.4 Å². The summed E-state index contributed by atoms with van der Waals surface area (Å²) in [5, 5.41) is 43.3. The minimum Gasteiger partial charge on any atom is -0.500 e. The van der Waals surface area contributed by atoms with Crippen LogP contribution >= 0.6 is 0 Å². The summed E-state index contributed by atoms with van der Waals surface area (Å²) in [6.45, 7) is 9.91. The van der Waals surface area contributed by atoms with Gasteiger partial charge in [0.05, 0.1) is 0 Å². The van der Waals surface area contributed by atoms with E-state index in [-0.39, 0.29) is 22.7 Å². The predicted octanol–water partition coefficient (Wildman–Crippen LogP) is 4.43. The van der Waals surface area contributed by atoms with Crippen molar-refractivity contribution in [1.82, 2.24) is 4.98 Å². The van der Waals surface area contributed by atoms with Crippen LogP contribution in [0, 0.1) is 17.9 Å². The van der Waals surface area contributed by atoms with Gasteiger partial charge in [-0.2, -0.15) is 6.42 Å². The molecule has 0 saturated carbocycles. The Labute approximate surface area is 205 Å². The van der Waals surface area contributed by atoms with Crippen molar-refractivity contribution in [3.63, 3.8) is 0 Å². The second-order valence-electron chi connectivity index (χ2n) is 6.75. The van der Waals surface area contributed by atoms with Gasteiger partial charge in [-0.05, 0) is 52.7 Å². The van der Waals surface area contributed by atoms with Gasteiger partial charge in [0.15, 0.2) is 0 Å². The van der Waals surface area contributed by atoms with Crippen molar-refractivity contribution in [2.75, 3.05) is 0 Å². The average molecular weight is 507 g/mol. The molecule has 2 rings (SSSR count). The van der Waals surface area contributed by atoms with Gasteiger partial charge in [-0.25, -0.2) is 0 Å². The summed E-state index contributed by atoms with van der Waals surface area (Å²) in [6, 6.07) is 5.72. The fraction of sp³-hybridized carbons (Fsp3) is 0.455. The molecule has 0 amide bonds. The van der Waals surface area contributed by atoms with Crippen LogP contribution in [0.15, 0.2) is 57.3 Å². The fourth-order valence-corrected chi connectivity index (χ4v) is 2.06. The van der Waals surface area contributed by atoms with E-state index in [1.165, 1.54) is 27.7 Å². The van der Waals surface area contributed by atoms with Crippen LogP contribution in [-0.2, 0) is 21.6 Å². The molecule has 187 valence electrons. The zero-order valence-corrected chi connectivity index (χ0v) is 20.8. The van der Waals surface area contributed by atoms with E-state index in [2.05, 4.69) is 38.6 Å². The van der Waals surface area contributed by atoms with E-state index in [0.29, 0.717) is 34.5 Å². The molecule has 1 aliphatic rings. The van der Waals surface area contributed by atoms with E-state index in [4.69, 9.17) is 20.8 Å². The summed E-state index contributed by atoms with van der Waals surface area (Å²) in [6.07, 6.45) is 10.6. The first-order chi connectivity index (χ1) is 15.2. The van der Waals surface area contributed by atoms with E-state index in [9.17, 15) is 4.79 Å². The molecule has 33 heavy (non-hydrogen) atoms. The number of hydrogen-bond acceptors (Lipinski definition) is 10. The maximum atomic E-state index is 11.0. The molecule has 11 heteroatoms. The molecule has 0 aliphatic heterocycles. The van der Waals surface area contributed by atoms with Gasteiger partial charge in [-0.3, -0.25) is 15.9 Å². The van der Waals surface area contributed by atoms with E-state index < -0.39 is 0 Å². The number of ketones is 1. The molecule has 0 bridgehead atoms. The Morgan fingerprint density at radius 2 is 1.21 bits per heavy atom. The van der Waals surface area contributed by atoms with Crippen LogP contribution in [0.1, 0.15) is 54.4 Å². The average Bonchev–Trinajstić information content (AvgIpc) is 2.84. The second-order valence-corrected chi connectivity index (χ2v) is 6.75. The van der Waals surface area contributed by atoms with Crippen molar-refractivity contribution in [2.24, 2.45) is 32.5 Å². The fourth-order valence-electron chi connectivity index (χ4n) is 2.06. The topological polar surface area (TPSA) is 160 Å². The van der Waals surface area contributed by atoms with Crippen LogP contribution in [0.5, 0.6) is 0 Å². The monoisotopic (exact) mass is 507 g/mol. The summed E-state index contributed by atoms with van der Waals surface area (Å²) < 4.78 is 0. The van der Waals surface area contributed by atoms with Crippen molar-refractivity contribution in [1.29, 1.82) is 0 Å². The maximum Gasteiger partial charge on any atom is 0.133 e. The molecule has 1 radical (unpaired) electrons. The first-order valence-corrected chi connectivity index (χ1v) is 9.83. The van der Waals surface area contributed by atoms with E-state index in [1.807, 2.05) is 24.3 Å². The molecule has 0 fully saturated rings. The Morgan fingerprint density at radius 1 is 0.818 bits per heavy atom. The maximum absolute atomic E-state index is 11.0. The van der Waals surface area contributed by atoms with Crippen LogP contribution in [-0.4, -0.2) is 54.4 Å². The number of oxime groups is 4. The standard InChI is InChI=1S/C9H13O.C5H5N.2C4H8N2O2.Co/c1-7-5-3-4-6-9(7)8(2)10;1-2-4-6-5-3-1;2*1-3(5-7)4(2)6-8;/h5,7,9H,4,6H2,1-2H3;1-5H;2*7-8H,1-2H3;/q-1;;;;/b;;2*5-3+,6-4+;/t7-,9+;;;;/m0..../s1. The number of Topliss-reactive ketones (excluding diaryl/α,β-unsaturated/α-hetero) is 1. The Kier molecular flexibility index (Phi) is 23.2. The normalized spacial score (nSPS) is 18.1. The predicted molar refractivity (Wildman–Crippen MR) is 124 cm³/mol. The number of carbonyl (C=O) groups is 1. The minimum atomic E-state index is 0. The summed E-state index contributed by atoms with van der Waals surface area (Å²) in [4.78, 5) is 14.7. The number of aromatic nitrogens is 1. The first-order valence-electron chi connectivity index (χ1n) is 9.83. The molecule has 1 aliphatic carbocycles. The second kappa shape index (κ2) is 22.2. The summed E-state index contributed by atoms with van der Waals surface area (Å²) in [5.74, 6) is 0.998. The third-order valence-corrected chi connectivity index (χ3v) is 4.35. The summed E-state index contributed by atoms with van der Waals surface area (Å²) in [5.41, 5.74) is 1.25. The smallest absolute Gasteiger partial charge is 0.133 e. The van der Waals surface area contributed by atoms with Crippen molar-refractivity contribution in [3.8, 4) is 0 Å². The van der Waals surface area contributed by atoms with E-state index in [0.717, 1.165) is 12.8 Å². The molecule has 0 spiro atoms. The Hall–Kier alpha value is -3.05. The number of rotatable bonds is 3. The van der Waals surface area contributed by atoms with Gasteiger partial charge >= 0.3 is 0 Å². The minimum absolute atomic E-state index is 0. The molecule has 4 N–H and O–H groups in total. The van der Waals surface area contributed by atoms with Crippen molar-refractivity contribution >= 4 is 28.6 Å². The van der Waals surface area contributed by atoms with Gasteiger partial charge in [-0.15, -0.1) is 0 Å². The van der Waals surface area contributed by atoms with Gasteiger partial charge in [0.25, 0.3) is 0 Å². The molecule has 1 heterocycles. The largest absolute Gasteiger partial charge is 0.500 e. The van der Waals surface area contributed by atoms with Crippen LogP contribution in [0.3, 0.4) is 0 Å². The van der Waals surface area contributed by atoms with Gasteiger partial charge < -0.3 is 26.9 Å². The third-order valence-electron chi connectivity index (χ3n) is 4.35. The molecule has 0 unspecified atom stereocenters. The molecule has 1 aromatic heterocycles. The number of pyridine rings is 1. The summed E-state index contributed by atoms with van der Waals surface area (Å²) >= 11 is 0. The molecule has 2 atom stereocenters. The summed E-state index contributed by atoms with van der Waals surface area (Å²) in [7, 11) is 0. The zero-order valence-electron chi connectivity index (χ0n) is 19.8.